The number of piperidine rings is 1. The van der Waals surface area contributed by atoms with Crippen LogP contribution in [-0.2, 0) is 14.3 Å². The van der Waals surface area contributed by atoms with E-state index in [1.807, 2.05) is 12.2 Å². The quantitative estimate of drug-likeness (QED) is 0.513. The maximum atomic E-state index is 11.7. The van der Waals surface area contributed by atoms with Gasteiger partial charge in [0, 0.05) is 6.92 Å². The summed E-state index contributed by atoms with van der Waals surface area (Å²) in [4.78, 5) is 24.5. The molecular weight excluding hydrogens is 222 g/mol. The number of hydrogen-bond donors (Lipinski definition) is 0. The van der Waals surface area contributed by atoms with Crippen molar-refractivity contribution in [3.63, 3.8) is 0 Å². The number of nitrogens with zero attached hydrogens (tertiary/aromatic N) is 1. The van der Waals surface area contributed by atoms with Crippen LogP contribution in [0.3, 0.4) is 0 Å². The van der Waals surface area contributed by atoms with E-state index in [2.05, 4.69) is 0 Å². The molecule has 5 heteroatoms. The molecule has 3 atom stereocenters. The van der Waals surface area contributed by atoms with E-state index in [0.29, 0.717) is 6.42 Å². The summed E-state index contributed by atoms with van der Waals surface area (Å²) in [6, 6.07) is -0.0110. The number of esters is 1. The van der Waals surface area contributed by atoms with Crippen molar-refractivity contribution in [2.24, 2.45) is 0 Å². The van der Waals surface area contributed by atoms with Gasteiger partial charge in [-0.2, -0.15) is 0 Å². The van der Waals surface area contributed by atoms with Crippen molar-refractivity contribution in [3.8, 4) is 0 Å². The molecule has 0 aromatic carbocycles. The molecule has 0 unspecified atom stereocenters. The van der Waals surface area contributed by atoms with Gasteiger partial charge in [-0.25, -0.2) is 4.79 Å². The molecule has 0 aromatic heterocycles. The van der Waals surface area contributed by atoms with Crippen LogP contribution in [-0.4, -0.2) is 42.3 Å². The van der Waals surface area contributed by atoms with Crippen LogP contribution < -0.4 is 0 Å². The van der Waals surface area contributed by atoms with Gasteiger partial charge < -0.3 is 9.47 Å². The standard InChI is InChI=1S/C12H17NO4/c1-8(14)17-11-7-6-9-4-3-5-10(11)13(9)12(15)16-2/h3-4,9-11H,5-7H2,1-2H3/t9-,10-,11-/m0/s1. The molecule has 0 aliphatic carbocycles. The van der Waals surface area contributed by atoms with Crippen LogP contribution in [0.1, 0.15) is 26.2 Å². The van der Waals surface area contributed by atoms with Crippen LogP contribution in [0, 0.1) is 0 Å². The Labute approximate surface area is 100 Å². The fourth-order valence-corrected chi connectivity index (χ4v) is 2.65. The second-order valence-corrected chi connectivity index (χ2v) is 4.40. The molecule has 2 heterocycles. The van der Waals surface area contributed by atoms with Crippen LogP contribution >= 0.6 is 0 Å². The van der Waals surface area contributed by atoms with Crippen molar-refractivity contribution in [2.45, 2.75) is 44.4 Å². The zero-order valence-corrected chi connectivity index (χ0v) is 10.1. The van der Waals surface area contributed by atoms with Gasteiger partial charge in [0.1, 0.15) is 6.10 Å². The molecule has 1 fully saturated rings. The number of hydrogen-bond acceptors (Lipinski definition) is 4. The van der Waals surface area contributed by atoms with Gasteiger partial charge in [-0.3, -0.25) is 9.69 Å². The fourth-order valence-electron chi connectivity index (χ4n) is 2.65. The van der Waals surface area contributed by atoms with Gasteiger partial charge in [-0.05, 0) is 19.3 Å². The summed E-state index contributed by atoms with van der Waals surface area (Å²) >= 11 is 0. The summed E-state index contributed by atoms with van der Waals surface area (Å²) < 4.78 is 10.1. The molecule has 2 rings (SSSR count). The Hall–Kier alpha value is -1.52. The van der Waals surface area contributed by atoms with Crippen LogP contribution in [0.4, 0.5) is 4.79 Å². The average Bonchev–Trinajstić information content (AvgIpc) is 2.31. The van der Waals surface area contributed by atoms with Gasteiger partial charge in [0.2, 0.25) is 0 Å². The molecule has 1 amide bonds. The Morgan fingerprint density at radius 2 is 2.12 bits per heavy atom. The number of carbonyl (C=O) groups excluding carboxylic acids is 2. The van der Waals surface area contributed by atoms with Crippen LogP contribution in [0.15, 0.2) is 12.2 Å². The third kappa shape index (κ3) is 2.28. The molecule has 94 valence electrons. The predicted octanol–water partition coefficient (Wildman–Crippen LogP) is 1.48. The normalized spacial score (nSPS) is 30.9. The summed E-state index contributed by atoms with van der Waals surface area (Å²) in [7, 11) is 1.37. The first-order valence-corrected chi connectivity index (χ1v) is 5.83. The number of carbonyl (C=O) groups is 2. The molecule has 0 N–H and O–H groups in total. The van der Waals surface area contributed by atoms with Gasteiger partial charge in [-0.15, -0.1) is 0 Å². The lowest BCUT2D eigenvalue weighted by Gasteiger charge is -2.45. The molecule has 0 saturated carbocycles. The number of amides is 1. The summed E-state index contributed by atoms with van der Waals surface area (Å²) in [5.74, 6) is -0.298. The third-order valence-corrected chi connectivity index (χ3v) is 3.33. The maximum Gasteiger partial charge on any atom is 0.410 e. The smallest absolute Gasteiger partial charge is 0.410 e. The second-order valence-electron chi connectivity index (χ2n) is 4.40. The Morgan fingerprint density at radius 1 is 1.35 bits per heavy atom. The average molecular weight is 239 g/mol. The number of fused-ring (bicyclic) bond motifs is 2. The molecule has 5 nitrogen and oxygen atoms in total. The van der Waals surface area contributed by atoms with Gasteiger partial charge >= 0.3 is 12.1 Å². The first kappa shape index (κ1) is 12.0. The topological polar surface area (TPSA) is 55.8 Å². The van der Waals surface area contributed by atoms with E-state index < -0.39 is 0 Å². The van der Waals surface area contributed by atoms with E-state index >= 15 is 0 Å². The van der Waals surface area contributed by atoms with E-state index in [9.17, 15) is 9.59 Å². The number of ether oxygens (including phenoxy) is 2. The minimum Gasteiger partial charge on any atom is -0.460 e. The second kappa shape index (κ2) is 4.77. The minimum absolute atomic E-state index is 0.0769. The van der Waals surface area contributed by atoms with Gasteiger partial charge in [0.25, 0.3) is 0 Å². The highest BCUT2D eigenvalue weighted by atomic mass is 16.6. The highest BCUT2D eigenvalue weighted by Crippen LogP contribution is 2.32. The summed E-state index contributed by atoms with van der Waals surface area (Å²) in [5.41, 5.74) is 0. The van der Waals surface area contributed by atoms with Crippen molar-refractivity contribution >= 4 is 12.1 Å². The van der Waals surface area contributed by atoms with Gasteiger partial charge in [0.15, 0.2) is 0 Å². The molecule has 2 aliphatic heterocycles. The fraction of sp³-hybridized carbons (Fsp3) is 0.667. The van der Waals surface area contributed by atoms with E-state index in [4.69, 9.17) is 9.47 Å². The highest BCUT2D eigenvalue weighted by molar-refractivity contribution is 5.70. The van der Waals surface area contributed by atoms with E-state index in [0.717, 1.165) is 12.8 Å². The minimum atomic E-state index is -0.346. The van der Waals surface area contributed by atoms with Crippen molar-refractivity contribution < 1.29 is 19.1 Å². The van der Waals surface area contributed by atoms with Crippen LogP contribution in [0.2, 0.25) is 0 Å². The SMILES string of the molecule is COC(=O)N1[C@H]2C=CC[C@H]1[C@@H](OC(C)=O)CC2. The summed E-state index contributed by atoms with van der Waals surface area (Å²) in [6.07, 6.45) is 5.83. The lowest BCUT2D eigenvalue weighted by atomic mass is 9.87. The lowest BCUT2D eigenvalue weighted by Crippen LogP contribution is -2.57. The summed E-state index contributed by atoms with van der Waals surface area (Å²) in [6.45, 7) is 1.40. The first-order valence-electron chi connectivity index (χ1n) is 5.83. The predicted molar refractivity (Wildman–Crippen MR) is 60.4 cm³/mol. The molecule has 17 heavy (non-hydrogen) atoms. The monoisotopic (exact) mass is 239 g/mol. The van der Waals surface area contributed by atoms with E-state index in [1.165, 1.54) is 14.0 Å². The molecule has 0 spiro atoms. The van der Waals surface area contributed by atoms with Crippen molar-refractivity contribution in [2.75, 3.05) is 7.11 Å². The van der Waals surface area contributed by atoms with E-state index in [-0.39, 0.29) is 30.3 Å². The summed E-state index contributed by atoms with van der Waals surface area (Å²) in [5, 5.41) is 0. The zero-order valence-electron chi connectivity index (χ0n) is 10.1. The van der Waals surface area contributed by atoms with Crippen molar-refractivity contribution in [1.29, 1.82) is 0 Å². The van der Waals surface area contributed by atoms with Crippen molar-refractivity contribution in [3.05, 3.63) is 12.2 Å². The number of methoxy groups -OCH3 is 1. The highest BCUT2D eigenvalue weighted by Gasteiger charge is 2.42. The third-order valence-electron chi connectivity index (χ3n) is 3.33. The Kier molecular flexibility index (Phi) is 3.36. The molecule has 2 aliphatic rings. The largest absolute Gasteiger partial charge is 0.460 e. The van der Waals surface area contributed by atoms with Gasteiger partial charge in [-0.1, -0.05) is 12.2 Å². The molecular formula is C12H17NO4. The van der Waals surface area contributed by atoms with Crippen LogP contribution in [0.25, 0.3) is 0 Å². The molecule has 0 aromatic rings. The Bertz CT molecular complexity index is 352. The van der Waals surface area contributed by atoms with E-state index in [1.54, 1.807) is 4.90 Å². The Morgan fingerprint density at radius 3 is 2.76 bits per heavy atom. The first-order chi connectivity index (χ1) is 8.13. The number of rotatable bonds is 1. The van der Waals surface area contributed by atoms with Crippen molar-refractivity contribution in [1.82, 2.24) is 4.90 Å². The Balaban J connectivity index is 2.18. The lowest BCUT2D eigenvalue weighted by molar-refractivity contribution is -0.153. The molecule has 0 radical (unpaired) electrons. The maximum absolute atomic E-state index is 11.7. The van der Waals surface area contributed by atoms with Crippen LogP contribution in [0.5, 0.6) is 0 Å². The molecule has 2 bridgehead atoms. The molecule has 1 saturated heterocycles. The van der Waals surface area contributed by atoms with Gasteiger partial charge in [0.05, 0.1) is 19.2 Å². The zero-order chi connectivity index (χ0) is 12.4.